The highest BCUT2D eigenvalue weighted by molar-refractivity contribution is 5.96. The molecule has 0 atom stereocenters. The number of rotatable bonds is 2. The average Bonchev–Trinajstić information content (AvgIpc) is 2.32. The van der Waals surface area contributed by atoms with Crippen molar-refractivity contribution in [2.75, 3.05) is 5.32 Å². The third kappa shape index (κ3) is 4.94. The van der Waals surface area contributed by atoms with E-state index in [1.54, 1.807) is 6.92 Å². The van der Waals surface area contributed by atoms with Crippen molar-refractivity contribution < 1.29 is 22.9 Å². The number of carbonyl (C=O) groups excluding carboxylic acids is 1. The molecule has 0 aliphatic heterocycles. The Morgan fingerprint density at radius 2 is 1.84 bits per heavy atom. The van der Waals surface area contributed by atoms with Crippen LogP contribution in [0.2, 0.25) is 0 Å². The molecule has 106 valence electrons. The fourth-order valence-electron chi connectivity index (χ4n) is 1.09. The number of hydrogen-bond donors (Lipinski definition) is 1. The van der Waals surface area contributed by atoms with Gasteiger partial charge in [0.25, 0.3) is 5.69 Å². The second kappa shape index (κ2) is 6.72. The lowest BCUT2D eigenvalue weighted by molar-refractivity contribution is -0.384. The number of carbonyl (C=O) groups is 1. The van der Waals surface area contributed by atoms with Gasteiger partial charge >= 0.3 is 12.1 Å². The van der Waals surface area contributed by atoms with Gasteiger partial charge in [-0.3, -0.25) is 14.9 Å². The van der Waals surface area contributed by atoms with Crippen LogP contribution < -0.4 is 5.32 Å². The van der Waals surface area contributed by atoms with Crippen molar-refractivity contribution in [3.05, 3.63) is 33.9 Å². The van der Waals surface area contributed by atoms with Crippen LogP contribution in [0.15, 0.2) is 18.2 Å². The molecule has 1 aromatic rings. The zero-order chi connectivity index (χ0) is 15.2. The van der Waals surface area contributed by atoms with E-state index in [1.807, 2.05) is 13.8 Å². The Bertz CT molecular complexity index is 473. The van der Waals surface area contributed by atoms with Gasteiger partial charge < -0.3 is 5.32 Å². The average molecular weight is 278 g/mol. The molecule has 0 saturated carbocycles. The number of nitrogens with one attached hydrogen (secondary N) is 1. The fraction of sp³-hybridized carbons (Fsp3) is 0.364. The highest BCUT2D eigenvalue weighted by atomic mass is 19.4. The van der Waals surface area contributed by atoms with E-state index in [9.17, 15) is 28.1 Å². The molecular formula is C11H13F3N2O3. The Balaban J connectivity index is 0.00000154. The van der Waals surface area contributed by atoms with Crippen LogP contribution in [0.1, 0.15) is 19.4 Å². The number of aryl methyl sites for hydroxylation is 1. The molecule has 1 amide bonds. The largest absolute Gasteiger partial charge is 0.471 e. The summed E-state index contributed by atoms with van der Waals surface area (Å²) in [6.45, 7) is 5.54. The number of anilines is 1. The molecule has 0 aliphatic carbocycles. The van der Waals surface area contributed by atoms with Crippen LogP contribution >= 0.6 is 0 Å². The number of amides is 1. The maximum atomic E-state index is 12.0. The van der Waals surface area contributed by atoms with Crippen LogP contribution in [0.4, 0.5) is 24.5 Å². The van der Waals surface area contributed by atoms with E-state index in [2.05, 4.69) is 0 Å². The first-order chi connectivity index (χ1) is 8.71. The maximum absolute atomic E-state index is 12.0. The van der Waals surface area contributed by atoms with Gasteiger partial charge in [-0.2, -0.15) is 13.2 Å². The monoisotopic (exact) mass is 278 g/mol. The van der Waals surface area contributed by atoms with E-state index < -0.39 is 28.4 Å². The normalized spacial score (nSPS) is 10.2. The first kappa shape index (κ1) is 16.9. The van der Waals surface area contributed by atoms with Crippen LogP contribution in [0.3, 0.4) is 0 Å². The van der Waals surface area contributed by atoms with Gasteiger partial charge in [0.2, 0.25) is 0 Å². The maximum Gasteiger partial charge on any atom is 0.471 e. The number of nitro benzene ring substituents is 1. The summed E-state index contributed by atoms with van der Waals surface area (Å²) in [5.74, 6) is -2.25. The fourth-order valence-corrected chi connectivity index (χ4v) is 1.09. The lowest BCUT2D eigenvalue weighted by atomic mass is 10.2. The smallest absolute Gasteiger partial charge is 0.312 e. The molecule has 0 bridgehead atoms. The summed E-state index contributed by atoms with van der Waals surface area (Å²) in [5, 5.41) is 12.0. The third-order valence-corrected chi connectivity index (χ3v) is 1.86. The van der Waals surface area contributed by atoms with Crippen molar-refractivity contribution in [2.45, 2.75) is 26.9 Å². The highest BCUT2D eigenvalue weighted by Crippen LogP contribution is 2.27. The minimum absolute atomic E-state index is 0.483. The summed E-state index contributed by atoms with van der Waals surface area (Å²) < 4.78 is 35.9. The van der Waals surface area contributed by atoms with Crippen molar-refractivity contribution >= 4 is 17.3 Å². The highest BCUT2D eigenvalue weighted by Gasteiger charge is 2.39. The van der Waals surface area contributed by atoms with Crippen LogP contribution in [-0.4, -0.2) is 17.0 Å². The molecule has 0 unspecified atom stereocenters. The minimum Gasteiger partial charge on any atom is -0.312 e. The molecule has 5 nitrogen and oxygen atoms in total. The second-order valence-corrected chi connectivity index (χ2v) is 3.23. The lowest BCUT2D eigenvalue weighted by Gasteiger charge is -2.08. The molecule has 19 heavy (non-hydrogen) atoms. The quantitative estimate of drug-likeness (QED) is 0.665. The molecule has 1 N–H and O–H groups in total. The number of hydrogen-bond acceptors (Lipinski definition) is 3. The summed E-state index contributed by atoms with van der Waals surface area (Å²) in [6, 6.07) is 3.49. The van der Waals surface area contributed by atoms with Crippen molar-refractivity contribution in [1.82, 2.24) is 0 Å². The first-order valence-electron chi connectivity index (χ1n) is 5.35. The third-order valence-electron chi connectivity index (χ3n) is 1.86. The topological polar surface area (TPSA) is 72.2 Å². The summed E-state index contributed by atoms with van der Waals surface area (Å²) in [5.41, 5.74) is -0.563. The zero-order valence-corrected chi connectivity index (χ0v) is 10.5. The Labute approximate surface area is 107 Å². The predicted molar refractivity (Wildman–Crippen MR) is 63.9 cm³/mol. The van der Waals surface area contributed by atoms with Crippen molar-refractivity contribution in [3.63, 3.8) is 0 Å². The van der Waals surface area contributed by atoms with E-state index in [-0.39, 0.29) is 0 Å². The number of benzene rings is 1. The van der Waals surface area contributed by atoms with Crippen LogP contribution in [0.25, 0.3) is 0 Å². The van der Waals surface area contributed by atoms with Gasteiger partial charge in [-0.15, -0.1) is 0 Å². The molecule has 0 aliphatic rings. The molecule has 0 saturated heterocycles. The summed E-state index contributed by atoms with van der Waals surface area (Å²) in [6.07, 6.45) is -5.08. The lowest BCUT2D eigenvalue weighted by Crippen LogP contribution is -2.30. The van der Waals surface area contributed by atoms with Gasteiger partial charge in [0.1, 0.15) is 5.69 Å². The van der Waals surface area contributed by atoms with Gasteiger partial charge in [0.05, 0.1) is 4.92 Å². The Morgan fingerprint density at radius 1 is 1.32 bits per heavy atom. The molecule has 0 radical (unpaired) electrons. The zero-order valence-electron chi connectivity index (χ0n) is 10.5. The van der Waals surface area contributed by atoms with E-state index in [4.69, 9.17) is 0 Å². The van der Waals surface area contributed by atoms with Gasteiger partial charge in [0.15, 0.2) is 0 Å². The van der Waals surface area contributed by atoms with E-state index in [1.165, 1.54) is 11.4 Å². The molecule has 1 aromatic carbocycles. The Morgan fingerprint density at radius 3 is 2.26 bits per heavy atom. The SMILES string of the molecule is CC.Cc1ccc(NC(=O)C(F)(F)F)c([N+](=O)[O-])c1. The van der Waals surface area contributed by atoms with Crippen LogP contribution in [-0.2, 0) is 4.79 Å². The van der Waals surface area contributed by atoms with Gasteiger partial charge in [-0.25, -0.2) is 0 Å². The summed E-state index contributed by atoms with van der Waals surface area (Å²) >= 11 is 0. The molecule has 0 spiro atoms. The van der Waals surface area contributed by atoms with E-state index >= 15 is 0 Å². The molecular weight excluding hydrogens is 265 g/mol. The van der Waals surface area contributed by atoms with E-state index in [0.29, 0.717) is 5.56 Å². The summed E-state index contributed by atoms with van der Waals surface area (Å²) in [7, 11) is 0. The molecule has 0 fully saturated rings. The number of nitro groups is 1. The molecule has 8 heteroatoms. The number of halogens is 3. The number of nitrogens with zero attached hydrogens (tertiary/aromatic N) is 1. The summed E-state index contributed by atoms with van der Waals surface area (Å²) in [4.78, 5) is 20.4. The van der Waals surface area contributed by atoms with E-state index in [0.717, 1.165) is 12.1 Å². The van der Waals surface area contributed by atoms with Crippen molar-refractivity contribution in [1.29, 1.82) is 0 Å². The van der Waals surface area contributed by atoms with Crippen molar-refractivity contribution in [2.24, 2.45) is 0 Å². The molecule has 0 aromatic heterocycles. The Kier molecular flexibility index (Phi) is 5.97. The van der Waals surface area contributed by atoms with Gasteiger partial charge in [-0.1, -0.05) is 19.9 Å². The molecule has 0 heterocycles. The predicted octanol–water partition coefficient (Wildman–Crippen LogP) is 3.43. The second-order valence-electron chi connectivity index (χ2n) is 3.23. The number of alkyl halides is 3. The van der Waals surface area contributed by atoms with Crippen molar-refractivity contribution in [3.8, 4) is 0 Å². The van der Waals surface area contributed by atoms with Crippen LogP contribution in [0, 0.1) is 17.0 Å². The molecule has 1 rings (SSSR count). The van der Waals surface area contributed by atoms with Gasteiger partial charge in [0, 0.05) is 6.07 Å². The minimum atomic E-state index is -5.08. The first-order valence-corrected chi connectivity index (χ1v) is 5.35. The standard InChI is InChI=1S/C9H7F3N2O3.C2H6/c1-5-2-3-6(7(4-5)14(16)17)13-8(15)9(10,11)12;1-2/h2-4H,1H3,(H,13,15);1-2H3. The Hall–Kier alpha value is -2.12. The van der Waals surface area contributed by atoms with Gasteiger partial charge in [-0.05, 0) is 18.6 Å². The van der Waals surface area contributed by atoms with Crippen LogP contribution in [0.5, 0.6) is 0 Å².